The van der Waals surface area contributed by atoms with E-state index in [1.54, 1.807) is 35.0 Å². The molecule has 0 aliphatic carbocycles. The number of hydrogen-bond donors (Lipinski definition) is 0. The number of aromatic nitrogens is 2. The Kier molecular flexibility index (Phi) is 9.83. The molecule has 4 aromatic rings. The van der Waals surface area contributed by atoms with Crippen molar-refractivity contribution in [1.29, 1.82) is 0 Å². The lowest BCUT2D eigenvalue weighted by Crippen LogP contribution is -2.23. The van der Waals surface area contributed by atoms with Crippen LogP contribution in [0.4, 0.5) is 13.2 Å². The number of sulfone groups is 1. The Hall–Kier alpha value is -3.48. The van der Waals surface area contributed by atoms with Crippen molar-refractivity contribution in [2.24, 2.45) is 0 Å². The second-order valence-corrected chi connectivity index (χ2v) is 13.3. The fourth-order valence-corrected chi connectivity index (χ4v) is 6.72. The Labute approximate surface area is 256 Å². The molecule has 0 amide bonds. The van der Waals surface area contributed by atoms with Gasteiger partial charge in [-0.3, -0.25) is 9.36 Å². The van der Waals surface area contributed by atoms with Gasteiger partial charge in [-0.25, -0.2) is 26.6 Å². The minimum absolute atomic E-state index is 0.0340. The van der Waals surface area contributed by atoms with Gasteiger partial charge >= 0.3 is 5.97 Å². The van der Waals surface area contributed by atoms with Crippen LogP contribution in [0.3, 0.4) is 0 Å². The summed E-state index contributed by atoms with van der Waals surface area (Å²) >= 11 is 7.25. The third kappa shape index (κ3) is 7.02. The number of benzene rings is 3. The van der Waals surface area contributed by atoms with Crippen LogP contribution in [0, 0.1) is 17.5 Å². The number of thioether (sulfide) groups is 1. The maximum Gasteiger partial charge on any atom is 0.321 e. The fourth-order valence-electron chi connectivity index (χ4n) is 4.39. The highest BCUT2D eigenvalue weighted by atomic mass is 35.5. The van der Waals surface area contributed by atoms with Crippen molar-refractivity contribution >= 4 is 39.2 Å². The van der Waals surface area contributed by atoms with Gasteiger partial charge in [0.2, 0.25) is 0 Å². The zero-order chi connectivity index (χ0) is 31.5. The molecule has 228 valence electrons. The van der Waals surface area contributed by atoms with E-state index in [1.165, 1.54) is 26.2 Å². The first kappa shape index (κ1) is 32.4. The smallest absolute Gasteiger partial charge is 0.321 e. The van der Waals surface area contributed by atoms with Gasteiger partial charge in [0.15, 0.2) is 20.7 Å². The molecule has 43 heavy (non-hydrogen) atoms. The number of halogens is 4. The molecule has 0 saturated heterocycles. The largest absolute Gasteiger partial charge is 0.495 e. The van der Waals surface area contributed by atoms with Crippen molar-refractivity contribution in [3.63, 3.8) is 0 Å². The van der Waals surface area contributed by atoms with E-state index in [2.05, 4.69) is 9.72 Å². The summed E-state index contributed by atoms with van der Waals surface area (Å²) in [5.74, 6) is -4.46. The van der Waals surface area contributed by atoms with Crippen LogP contribution >= 0.6 is 23.4 Å². The number of hydrogen-bond acceptors (Lipinski definition) is 7. The van der Waals surface area contributed by atoms with Crippen LogP contribution < -0.4 is 4.74 Å². The zero-order valence-corrected chi connectivity index (χ0v) is 26.0. The molecule has 0 unspecified atom stereocenters. The van der Waals surface area contributed by atoms with E-state index in [0.717, 1.165) is 17.3 Å². The lowest BCUT2D eigenvalue weighted by molar-refractivity contribution is -0.139. The Morgan fingerprint density at radius 2 is 1.70 bits per heavy atom. The number of carbonyl (C=O) groups is 1. The molecule has 3 aromatic carbocycles. The molecule has 13 heteroatoms. The third-order valence-electron chi connectivity index (χ3n) is 6.76. The highest BCUT2D eigenvalue weighted by Gasteiger charge is 2.31. The highest BCUT2D eigenvalue weighted by Crippen LogP contribution is 2.39. The number of esters is 1. The average Bonchev–Trinajstić information content (AvgIpc) is 3.37. The Morgan fingerprint density at radius 1 is 1.05 bits per heavy atom. The molecule has 1 heterocycles. The summed E-state index contributed by atoms with van der Waals surface area (Å²) < 4.78 is 80.8. The van der Waals surface area contributed by atoms with E-state index in [1.807, 2.05) is 19.9 Å². The first-order valence-electron chi connectivity index (χ1n) is 13.0. The van der Waals surface area contributed by atoms with Crippen molar-refractivity contribution in [3.05, 3.63) is 100 Å². The van der Waals surface area contributed by atoms with Crippen molar-refractivity contribution in [2.75, 3.05) is 19.5 Å². The van der Waals surface area contributed by atoms with E-state index in [4.69, 9.17) is 16.3 Å². The average molecular weight is 653 g/mol. The summed E-state index contributed by atoms with van der Waals surface area (Å²) in [5, 5.41) is 0.794. The van der Waals surface area contributed by atoms with Gasteiger partial charge in [0, 0.05) is 22.4 Å². The van der Waals surface area contributed by atoms with Gasteiger partial charge in [0.25, 0.3) is 0 Å². The van der Waals surface area contributed by atoms with Crippen molar-refractivity contribution in [3.8, 4) is 11.4 Å². The van der Waals surface area contributed by atoms with Crippen LogP contribution in [0.5, 0.6) is 5.75 Å². The first-order valence-corrected chi connectivity index (χ1v) is 16.0. The molecule has 0 bridgehead atoms. The molecule has 0 radical (unpaired) electrons. The van der Waals surface area contributed by atoms with Gasteiger partial charge in [0.1, 0.15) is 23.2 Å². The Morgan fingerprint density at radius 3 is 2.30 bits per heavy atom. The maximum atomic E-state index is 15.1. The van der Waals surface area contributed by atoms with E-state index in [0.29, 0.717) is 39.4 Å². The van der Waals surface area contributed by atoms with Crippen LogP contribution in [-0.4, -0.2) is 43.4 Å². The quantitative estimate of drug-likeness (QED) is 0.129. The van der Waals surface area contributed by atoms with Crippen molar-refractivity contribution in [1.82, 2.24) is 9.55 Å². The van der Waals surface area contributed by atoms with Crippen LogP contribution in [0.1, 0.15) is 37.6 Å². The standard InChI is InChI=1S/C30H28ClF3N2O5S2/c1-5-41-28(37)17-43(38,39)21-13-24(33)22(25(34)14-21)16-42-29-35-15-27(36(29)20-9-7-19(32)8-10-20)30(2,3)18-6-11-23(31)26(12-18)40-4/h6-15H,5,16-17H2,1-4H3. The van der Waals surface area contributed by atoms with Gasteiger partial charge in [-0.2, -0.15) is 0 Å². The third-order valence-corrected chi connectivity index (χ3v) is 9.62. The first-order chi connectivity index (χ1) is 20.3. The van der Waals surface area contributed by atoms with Gasteiger partial charge in [-0.1, -0.05) is 43.3 Å². The molecular formula is C30H28ClF3N2O5S2. The summed E-state index contributed by atoms with van der Waals surface area (Å²) in [6.07, 6.45) is 1.63. The summed E-state index contributed by atoms with van der Waals surface area (Å²) in [5.41, 5.74) is 1.02. The highest BCUT2D eigenvalue weighted by molar-refractivity contribution is 7.98. The Bertz CT molecular complexity index is 1740. The summed E-state index contributed by atoms with van der Waals surface area (Å²) in [6.45, 7) is 5.38. The predicted octanol–water partition coefficient (Wildman–Crippen LogP) is 6.91. The Balaban J connectivity index is 1.71. The number of methoxy groups -OCH3 is 1. The number of nitrogens with zero attached hydrogens (tertiary/aromatic N) is 2. The molecule has 0 aliphatic rings. The predicted molar refractivity (Wildman–Crippen MR) is 158 cm³/mol. The topological polar surface area (TPSA) is 87.5 Å². The van der Waals surface area contributed by atoms with E-state index >= 15 is 8.78 Å². The van der Waals surface area contributed by atoms with Crippen molar-refractivity contribution < 1.29 is 35.9 Å². The van der Waals surface area contributed by atoms with E-state index in [-0.39, 0.29) is 17.9 Å². The van der Waals surface area contributed by atoms with Gasteiger partial charge in [0.05, 0.1) is 35.5 Å². The number of ether oxygens (including phenoxy) is 2. The second kappa shape index (κ2) is 13.0. The minimum atomic E-state index is -4.33. The zero-order valence-electron chi connectivity index (χ0n) is 23.7. The molecule has 0 spiro atoms. The van der Waals surface area contributed by atoms with Gasteiger partial charge in [-0.15, -0.1) is 0 Å². The van der Waals surface area contributed by atoms with Crippen LogP contribution in [-0.2, 0) is 30.5 Å². The molecule has 0 aliphatic heterocycles. The number of imidazole rings is 1. The van der Waals surface area contributed by atoms with Crippen LogP contribution in [0.15, 0.2) is 70.8 Å². The molecule has 4 rings (SSSR count). The van der Waals surface area contributed by atoms with Crippen LogP contribution in [0.2, 0.25) is 5.02 Å². The lowest BCUT2D eigenvalue weighted by Gasteiger charge is -2.28. The summed E-state index contributed by atoms with van der Waals surface area (Å²) in [7, 11) is -2.82. The molecule has 0 N–H and O–H groups in total. The van der Waals surface area contributed by atoms with Crippen LogP contribution in [0.25, 0.3) is 5.69 Å². The molecule has 0 atom stereocenters. The molecule has 0 saturated carbocycles. The van der Waals surface area contributed by atoms with E-state index < -0.39 is 49.3 Å². The summed E-state index contributed by atoms with van der Waals surface area (Å²) in [4.78, 5) is 15.5. The lowest BCUT2D eigenvalue weighted by atomic mass is 9.81. The fraction of sp³-hybridized carbons (Fsp3) is 0.267. The number of rotatable bonds is 11. The SMILES string of the molecule is CCOC(=O)CS(=O)(=O)c1cc(F)c(CSc2ncc(C(C)(C)c3ccc(Cl)c(OC)c3)n2-c2ccc(F)cc2)c(F)c1. The second-order valence-electron chi connectivity index (χ2n) is 9.93. The van der Waals surface area contributed by atoms with E-state index in [9.17, 15) is 17.6 Å². The monoisotopic (exact) mass is 652 g/mol. The number of carbonyl (C=O) groups excluding carboxylic acids is 1. The summed E-state index contributed by atoms with van der Waals surface area (Å²) in [6, 6.07) is 12.4. The minimum Gasteiger partial charge on any atom is -0.495 e. The normalized spacial score (nSPS) is 11.9. The molecule has 0 fully saturated rings. The van der Waals surface area contributed by atoms with Crippen molar-refractivity contribution in [2.45, 2.75) is 42.0 Å². The molecule has 1 aromatic heterocycles. The molecule has 7 nitrogen and oxygen atoms in total. The van der Waals surface area contributed by atoms with Gasteiger partial charge in [-0.05, 0) is 61.0 Å². The molecular weight excluding hydrogens is 625 g/mol. The maximum absolute atomic E-state index is 15.1. The van der Waals surface area contributed by atoms with Gasteiger partial charge < -0.3 is 9.47 Å².